The zero-order valence-corrected chi connectivity index (χ0v) is 25.4. The fourth-order valence-electron chi connectivity index (χ4n) is 8.80. The van der Waals surface area contributed by atoms with Crippen LogP contribution < -0.4 is 5.32 Å². The van der Waals surface area contributed by atoms with Crippen molar-refractivity contribution in [3.63, 3.8) is 0 Å². The van der Waals surface area contributed by atoms with Crippen LogP contribution in [-0.4, -0.2) is 44.0 Å². The first kappa shape index (κ1) is 30.2. The Labute approximate surface area is 271 Å². The number of nitrogens with zero attached hydrogens (tertiary/aromatic N) is 3. The first-order chi connectivity index (χ1) is 21.3. The molecule has 1 spiro atoms. The molecule has 1 amide bonds. The van der Waals surface area contributed by atoms with Crippen LogP contribution >= 0.6 is 23.2 Å². The molecule has 3 aliphatic heterocycles. The van der Waals surface area contributed by atoms with Gasteiger partial charge in [-0.15, -0.1) is 0 Å². The molecule has 1 saturated carbocycles. The summed E-state index contributed by atoms with van der Waals surface area (Å²) in [6, 6.07) is 15.4. The van der Waals surface area contributed by atoms with Crippen molar-refractivity contribution < 1.29 is 19.1 Å². The molecule has 2 N–H and O–H groups in total. The monoisotopic (exact) mass is 648 g/mol. The summed E-state index contributed by atoms with van der Waals surface area (Å²) < 4.78 is 18.5. The number of halogens is 3. The van der Waals surface area contributed by atoms with Crippen LogP contribution in [0.4, 0.5) is 10.1 Å². The quantitative estimate of drug-likeness (QED) is 0.233. The number of hydrogen-bond acceptors (Lipinski definition) is 4. The number of aromatic carboxylic acids is 1. The van der Waals surface area contributed by atoms with Crippen molar-refractivity contribution in [2.75, 3.05) is 11.9 Å². The average Bonchev–Trinajstić information content (AvgIpc) is 3.62. The van der Waals surface area contributed by atoms with Crippen LogP contribution in [0.5, 0.6) is 0 Å². The van der Waals surface area contributed by atoms with Crippen molar-refractivity contribution in [3.8, 4) is 0 Å². The van der Waals surface area contributed by atoms with Gasteiger partial charge in [-0.3, -0.25) is 9.69 Å². The van der Waals surface area contributed by atoms with Gasteiger partial charge in [0.05, 0.1) is 21.6 Å². The largest absolute Gasteiger partial charge is 0.478 e. The van der Waals surface area contributed by atoms with Gasteiger partial charge < -0.3 is 15.0 Å². The summed E-state index contributed by atoms with van der Waals surface area (Å²) >= 11 is 12.9. The second kappa shape index (κ2) is 11.1. The average molecular weight is 650 g/mol. The van der Waals surface area contributed by atoms with Gasteiger partial charge in [-0.25, -0.2) is 14.2 Å². The lowest BCUT2D eigenvalue weighted by Gasteiger charge is -2.42. The molecule has 3 aromatic carbocycles. The van der Waals surface area contributed by atoms with Crippen LogP contribution in [-0.2, 0) is 16.9 Å². The standard InChI is InChI=1S/C34H31Cl2FN4O3.CH4/c35-20-10-11-22-24(16-20)39-33(44)34(22)29(21-7-4-8-23(36)30(21)37)28-27(41(34)17-18-5-2-1-3-6-18)13-14-40-26-12-9-19(32(42)43)15-25(26)38-31(28)40;/h4,7-12,15-16,18,27-29H,1-3,5-6,13-14,17H2,(H,39,44)(H,42,43);1H4/t27-,28+,29-,34+;/m0./s1. The van der Waals surface area contributed by atoms with E-state index in [0.29, 0.717) is 40.8 Å². The van der Waals surface area contributed by atoms with Gasteiger partial charge in [-0.05, 0) is 67.1 Å². The number of aromatic nitrogens is 2. The van der Waals surface area contributed by atoms with Gasteiger partial charge in [0.2, 0.25) is 5.91 Å². The van der Waals surface area contributed by atoms with E-state index in [-0.39, 0.29) is 35.9 Å². The molecule has 7 nitrogen and oxygen atoms in total. The molecule has 234 valence electrons. The van der Waals surface area contributed by atoms with E-state index in [0.717, 1.165) is 49.0 Å². The van der Waals surface area contributed by atoms with Crippen molar-refractivity contribution in [2.24, 2.45) is 5.92 Å². The van der Waals surface area contributed by atoms with Crippen molar-refractivity contribution >= 4 is 51.8 Å². The van der Waals surface area contributed by atoms with E-state index in [9.17, 15) is 14.7 Å². The number of imidazole rings is 1. The van der Waals surface area contributed by atoms with Crippen LogP contribution in [0.15, 0.2) is 54.6 Å². The van der Waals surface area contributed by atoms with Gasteiger partial charge in [-0.1, -0.05) is 68.1 Å². The first-order valence-corrected chi connectivity index (χ1v) is 16.1. The highest BCUT2D eigenvalue weighted by Gasteiger charge is 2.68. The molecular weight excluding hydrogens is 614 g/mol. The number of carbonyl (C=O) groups excluding carboxylic acids is 1. The second-order valence-electron chi connectivity index (χ2n) is 12.7. The van der Waals surface area contributed by atoms with E-state index in [1.165, 1.54) is 12.5 Å². The molecule has 1 saturated heterocycles. The molecule has 4 aliphatic rings. The predicted molar refractivity (Wildman–Crippen MR) is 174 cm³/mol. The molecule has 1 aromatic heterocycles. The number of hydrogen-bond donors (Lipinski definition) is 2. The minimum absolute atomic E-state index is 0. The number of fused-ring (bicyclic) bond motifs is 7. The number of nitrogens with one attached hydrogen (secondary N) is 1. The Morgan fingerprint density at radius 2 is 1.87 bits per heavy atom. The molecule has 1 aliphatic carbocycles. The maximum absolute atomic E-state index is 16.3. The maximum Gasteiger partial charge on any atom is 0.335 e. The Balaban J connectivity index is 0.00000325. The van der Waals surface area contributed by atoms with Crippen LogP contribution in [0, 0.1) is 11.7 Å². The Hall–Kier alpha value is -3.46. The molecule has 2 fully saturated rings. The van der Waals surface area contributed by atoms with Crippen LogP contribution in [0.3, 0.4) is 0 Å². The summed E-state index contributed by atoms with van der Waals surface area (Å²) in [4.78, 5) is 33.9. The van der Waals surface area contributed by atoms with Crippen LogP contribution in [0.1, 0.15) is 85.1 Å². The lowest BCUT2D eigenvalue weighted by molar-refractivity contribution is -0.128. The predicted octanol–water partition coefficient (Wildman–Crippen LogP) is 8.20. The van der Waals surface area contributed by atoms with Crippen LogP contribution in [0.2, 0.25) is 10.0 Å². The number of carbonyl (C=O) groups is 2. The molecule has 4 heterocycles. The zero-order chi connectivity index (χ0) is 30.3. The SMILES string of the molecule is C.O=C(O)c1ccc2c(c1)nc1n2CC[C@H]2[C@@H]1[C@H](c1cccc(Cl)c1F)[C@]1(C(=O)Nc3cc(Cl)ccc31)N2CC1CCCCC1. The normalized spacial score (nSPS) is 25.9. The molecule has 4 atom stereocenters. The van der Waals surface area contributed by atoms with E-state index in [4.69, 9.17) is 28.2 Å². The number of anilines is 1. The van der Waals surface area contributed by atoms with Gasteiger partial charge in [0.25, 0.3) is 0 Å². The summed E-state index contributed by atoms with van der Waals surface area (Å²) in [6.07, 6.45) is 6.44. The topological polar surface area (TPSA) is 87.5 Å². The second-order valence-corrected chi connectivity index (χ2v) is 13.5. The summed E-state index contributed by atoms with van der Waals surface area (Å²) in [7, 11) is 0. The van der Waals surface area contributed by atoms with Crippen molar-refractivity contribution in [1.82, 2.24) is 14.5 Å². The minimum atomic E-state index is -1.22. The number of amides is 1. The van der Waals surface area contributed by atoms with Crippen molar-refractivity contribution in [1.29, 1.82) is 0 Å². The van der Waals surface area contributed by atoms with Crippen LogP contribution in [0.25, 0.3) is 11.0 Å². The fourth-order valence-corrected chi connectivity index (χ4v) is 9.15. The number of aryl methyl sites for hydroxylation is 1. The number of carboxylic acid groups (broad SMARTS) is 1. The third-order valence-electron chi connectivity index (χ3n) is 10.5. The Morgan fingerprint density at radius 3 is 2.64 bits per heavy atom. The summed E-state index contributed by atoms with van der Waals surface area (Å²) in [6.45, 7) is 1.36. The van der Waals surface area contributed by atoms with Gasteiger partial charge in [0.1, 0.15) is 17.2 Å². The third-order valence-corrected chi connectivity index (χ3v) is 11.1. The number of rotatable bonds is 4. The fraction of sp³-hybridized carbons (Fsp3) is 0.400. The van der Waals surface area contributed by atoms with Crippen molar-refractivity contribution in [3.05, 3.63) is 93.0 Å². The smallest absolute Gasteiger partial charge is 0.335 e. The van der Waals surface area contributed by atoms with E-state index < -0.39 is 23.2 Å². The molecule has 0 bridgehead atoms. The number of benzene rings is 3. The zero-order valence-electron chi connectivity index (χ0n) is 23.9. The molecule has 8 rings (SSSR count). The molecule has 4 aromatic rings. The minimum Gasteiger partial charge on any atom is -0.478 e. The van der Waals surface area contributed by atoms with E-state index in [1.807, 2.05) is 6.07 Å². The van der Waals surface area contributed by atoms with E-state index in [1.54, 1.807) is 42.5 Å². The van der Waals surface area contributed by atoms with E-state index in [2.05, 4.69) is 14.8 Å². The highest BCUT2D eigenvalue weighted by molar-refractivity contribution is 6.31. The molecule has 45 heavy (non-hydrogen) atoms. The molecule has 0 unspecified atom stereocenters. The van der Waals surface area contributed by atoms with Gasteiger partial charge in [0, 0.05) is 47.2 Å². The molecule has 10 heteroatoms. The Bertz CT molecular complexity index is 1850. The number of likely N-dealkylation sites (tertiary alicyclic amines) is 1. The van der Waals surface area contributed by atoms with Crippen molar-refractivity contribution in [2.45, 2.75) is 75.9 Å². The van der Waals surface area contributed by atoms with Gasteiger partial charge in [0.15, 0.2) is 0 Å². The Kier molecular flexibility index (Phi) is 7.46. The molecular formula is C35H35Cl2FN4O3. The molecule has 0 radical (unpaired) electrons. The highest BCUT2D eigenvalue weighted by Crippen LogP contribution is 2.64. The highest BCUT2D eigenvalue weighted by atomic mass is 35.5. The summed E-state index contributed by atoms with van der Waals surface area (Å²) in [5.41, 5.74) is 2.15. The first-order valence-electron chi connectivity index (χ1n) is 15.3. The van der Waals surface area contributed by atoms with Gasteiger partial charge >= 0.3 is 5.97 Å². The lowest BCUT2D eigenvalue weighted by atomic mass is 9.70. The third kappa shape index (κ3) is 4.36. The lowest BCUT2D eigenvalue weighted by Crippen LogP contribution is -2.53. The Morgan fingerprint density at radius 1 is 1.07 bits per heavy atom. The number of carboxylic acids is 1. The van der Waals surface area contributed by atoms with Gasteiger partial charge in [-0.2, -0.15) is 0 Å². The summed E-state index contributed by atoms with van der Waals surface area (Å²) in [5, 5.41) is 13.3. The van der Waals surface area contributed by atoms with E-state index >= 15 is 4.39 Å². The maximum atomic E-state index is 16.3. The summed E-state index contributed by atoms with van der Waals surface area (Å²) in [5.74, 6) is -1.63.